The zero-order valence-electron chi connectivity index (χ0n) is 27.3. The lowest BCUT2D eigenvalue weighted by atomic mass is 9.84. The van der Waals surface area contributed by atoms with E-state index >= 15 is 0 Å². The van der Waals surface area contributed by atoms with Crippen molar-refractivity contribution in [2.24, 2.45) is 0 Å². The van der Waals surface area contributed by atoms with Gasteiger partial charge in [-0.3, -0.25) is 9.59 Å². The Morgan fingerprint density at radius 1 is 0.980 bits per heavy atom. The summed E-state index contributed by atoms with van der Waals surface area (Å²) in [5.74, 6) is -1.22. The molecular formula is C39H37N3O8. The number of aromatic hydroxyl groups is 1. The number of pyridine rings is 1. The molecule has 50 heavy (non-hydrogen) atoms. The molecule has 0 saturated carbocycles. The lowest BCUT2D eigenvalue weighted by Crippen LogP contribution is -2.37. The van der Waals surface area contributed by atoms with Gasteiger partial charge in [-0.15, -0.1) is 0 Å². The van der Waals surface area contributed by atoms with Gasteiger partial charge in [0, 0.05) is 43.2 Å². The van der Waals surface area contributed by atoms with Gasteiger partial charge in [0.25, 0.3) is 5.91 Å². The van der Waals surface area contributed by atoms with Crippen molar-refractivity contribution in [1.29, 1.82) is 0 Å². The number of phenols is 1. The third kappa shape index (κ3) is 6.74. The molecule has 0 bridgehead atoms. The highest BCUT2D eigenvalue weighted by molar-refractivity contribution is 5.97. The molecule has 0 saturated heterocycles. The van der Waals surface area contributed by atoms with Gasteiger partial charge < -0.3 is 40.4 Å². The number of H-pyrrole nitrogens is 1. The molecule has 1 aromatic heterocycles. The van der Waals surface area contributed by atoms with E-state index in [1.807, 2.05) is 18.2 Å². The number of aliphatic hydroxyl groups excluding tert-OH is 1. The van der Waals surface area contributed by atoms with Crippen LogP contribution in [0.25, 0.3) is 16.5 Å². The number of nitrogens with zero attached hydrogens (tertiary/aromatic N) is 1. The molecule has 1 aliphatic rings. The molecular weight excluding hydrogens is 638 g/mol. The number of carbonyl (C=O) groups excluding carboxylic acids is 1. The highest BCUT2D eigenvalue weighted by Crippen LogP contribution is 2.34. The van der Waals surface area contributed by atoms with Crippen LogP contribution < -0.4 is 15.6 Å². The number of hydrogen-bond donors (Lipinski definition) is 6. The maximum Gasteiger partial charge on any atom is 0.345 e. The molecule has 11 nitrogen and oxygen atoms in total. The molecule has 6 rings (SSSR count). The Kier molecular flexibility index (Phi) is 9.82. The van der Waals surface area contributed by atoms with Gasteiger partial charge in [-0.05, 0) is 64.6 Å². The van der Waals surface area contributed by atoms with Crippen LogP contribution in [0, 0.1) is 0 Å². The molecule has 6 N–H and O–H groups in total. The summed E-state index contributed by atoms with van der Waals surface area (Å²) in [6.07, 6.45) is 1.55. The number of carboxylic acid groups (broad SMARTS) is 1. The van der Waals surface area contributed by atoms with Crippen LogP contribution in [-0.4, -0.2) is 68.9 Å². The van der Waals surface area contributed by atoms with Crippen molar-refractivity contribution in [2.75, 3.05) is 26.7 Å². The minimum atomic E-state index is -2.21. The van der Waals surface area contributed by atoms with Gasteiger partial charge in [0.1, 0.15) is 11.5 Å². The Bertz CT molecular complexity index is 2150. The average molecular weight is 676 g/mol. The Balaban J connectivity index is 1.11. The topological polar surface area (TPSA) is 172 Å². The van der Waals surface area contributed by atoms with E-state index in [-0.39, 0.29) is 40.4 Å². The summed E-state index contributed by atoms with van der Waals surface area (Å²) >= 11 is 0. The molecule has 5 aromatic rings. The van der Waals surface area contributed by atoms with Crippen LogP contribution in [0.2, 0.25) is 0 Å². The van der Waals surface area contributed by atoms with E-state index in [9.17, 15) is 34.8 Å². The van der Waals surface area contributed by atoms with Crippen molar-refractivity contribution in [3.63, 3.8) is 0 Å². The largest absolute Gasteiger partial charge is 0.506 e. The first-order valence-corrected chi connectivity index (χ1v) is 16.1. The first-order chi connectivity index (χ1) is 24.1. The number of carboxylic acids is 1. The molecule has 2 atom stereocenters. The molecule has 1 aliphatic heterocycles. The number of aliphatic carboxylic acids is 1. The highest BCUT2D eigenvalue weighted by Gasteiger charge is 2.40. The minimum Gasteiger partial charge on any atom is -0.506 e. The van der Waals surface area contributed by atoms with E-state index in [1.165, 1.54) is 19.2 Å². The van der Waals surface area contributed by atoms with Crippen molar-refractivity contribution in [1.82, 2.24) is 15.2 Å². The van der Waals surface area contributed by atoms with Crippen molar-refractivity contribution in [3.8, 4) is 11.5 Å². The van der Waals surface area contributed by atoms with Crippen molar-refractivity contribution in [2.45, 2.75) is 24.7 Å². The van der Waals surface area contributed by atoms with Gasteiger partial charge in [-0.2, -0.15) is 0 Å². The molecule has 4 aromatic carbocycles. The fraction of sp³-hybridized carbons (Fsp3) is 0.205. The molecule has 11 heteroatoms. The zero-order valence-corrected chi connectivity index (χ0v) is 27.3. The summed E-state index contributed by atoms with van der Waals surface area (Å²) in [4.78, 5) is 41.9. The summed E-state index contributed by atoms with van der Waals surface area (Å²) < 4.78 is 5.59. The molecule has 0 radical (unpaired) electrons. The Morgan fingerprint density at radius 2 is 1.76 bits per heavy atom. The molecule has 2 heterocycles. The Morgan fingerprint density at radius 3 is 2.48 bits per heavy atom. The van der Waals surface area contributed by atoms with E-state index in [0.717, 1.165) is 16.7 Å². The lowest BCUT2D eigenvalue weighted by molar-refractivity contribution is -0.155. The summed E-state index contributed by atoms with van der Waals surface area (Å²) in [5, 5.41) is 46.1. The number of aromatic amines is 1. The fourth-order valence-corrected chi connectivity index (χ4v) is 6.36. The third-order valence-electron chi connectivity index (χ3n) is 9.08. The van der Waals surface area contributed by atoms with Crippen LogP contribution in [0.1, 0.15) is 50.7 Å². The second-order valence-electron chi connectivity index (χ2n) is 12.2. The molecule has 0 aliphatic carbocycles. The van der Waals surface area contributed by atoms with Gasteiger partial charge in [0.05, 0.1) is 24.3 Å². The number of methoxy groups -OCH3 is 1. The fourth-order valence-electron chi connectivity index (χ4n) is 6.36. The van der Waals surface area contributed by atoms with Crippen LogP contribution >= 0.6 is 0 Å². The monoisotopic (exact) mass is 675 g/mol. The van der Waals surface area contributed by atoms with Crippen LogP contribution in [0.15, 0.2) is 108 Å². The van der Waals surface area contributed by atoms with Crippen LogP contribution in [0.3, 0.4) is 0 Å². The molecule has 2 unspecified atom stereocenters. The standard InChI is InChI=1S/C39H37N3O8/c1-50-34-20-24(22-40-23-33(44)29-12-14-32(43)36-30(29)13-15-35(45)41-36)10-11-31(34)37(46)42-18-16-25(17-19-42)26-6-5-9-28(21-26)39(49,38(47)48)27-7-3-2-4-8-27/h2-16,20-21,33,40,43-44,49H,17-19,22-23H2,1H3,(H,41,45)(H,47,48). The number of nitrogens with one attached hydrogen (secondary N) is 2. The quantitative estimate of drug-likeness (QED) is 0.119. The van der Waals surface area contributed by atoms with Gasteiger partial charge in [0.15, 0.2) is 0 Å². The number of ether oxygens (including phenoxy) is 1. The zero-order chi connectivity index (χ0) is 35.4. The number of phenolic OH excluding ortho intramolecular Hbond substituents is 1. The van der Waals surface area contributed by atoms with E-state index < -0.39 is 17.7 Å². The lowest BCUT2D eigenvalue weighted by Gasteiger charge is -2.28. The number of aliphatic hydroxyl groups is 2. The first-order valence-electron chi connectivity index (χ1n) is 16.1. The van der Waals surface area contributed by atoms with E-state index in [0.29, 0.717) is 48.3 Å². The van der Waals surface area contributed by atoms with Crippen molar-refractivity contribution < 1.29 is 34.8 Å². The second kappa shape index (κ2) is 14.4. The first kappa shape index (κ1) is 34.1. The van der Waals surface area contributed by atoms with Gasteiger partial charge in [-0.25, -0.2) is 4.79 Å². The van der Waals surface area contributed by atoms with Crippen LogP contribution in [0.4, 0.5) is 0 Å². The second-order valence-corrected chi connectivity index (χ2v) is 12.2. The number of amides is 1. The smallest absolute Gasteiger partial charge is 0.345 e. The number of fused-ring (bicyclic) bond motifs is 1. The summed E-state index contributed by atoms with van der Waals surface area (Å²) in [6, 6.07) is 26.4. The number of rotatable bonds is 11. The highest BCUT2D eigenvalue weighted by atomic mass is 16.5. The predicted molar refractivity (Wildman–Crippen MR) is 188 cm³/mol. The third-order valence-corrected chi connectivity index (χ3v) is 9.08. The number of hydrogen-bond acceptors (Lipinski definition) is 8. The number of aromatic nitrogens is 1. The average Bonchev–Trinajstić information content (AvgIpc) is 3.14. The maximum absolute atomic E-state index is 13.6. The van der Waals surface area contributed by atoms with E-state index in [4.69, 9.17) is 4.74 Å². The van der Waals surface area contributed by atoms with E-state index in [1.54, 1.807) is 77.7 Å². The molecule has 256 valence electrons. The van der Waals surface area contributed by atoms with Crippen LogP contribution in [-0.2, 0) is 16.9 Å². The number of benzene rings is 4. The summed E-state index contributed by atoms with van der Waals surface area (Å²) in [6.45, 7) is 1.34. The van der Waals surface area contributed by atoms with Crippen molar-refractivity contribution >= 4 is 28.4 Å². The Labute approximate surface area is 287 Å². The van der Waals surface area contributed by atoms with Gasteiger partial charge in [-0.1, -0.05) is 66.7 Å². The molecule has 0 spiro atoms. The Hall–Kier alpha value is -5.75. The minimum absolute atomic E-state index is 0.0788. The summed E-state index contributed by atoms with van der Waals surface area (Å²) in [5.41, 5.74) is 1.73. The maximum atomic E-state index is 13.6. The SMILES string of the molecule is COc1cc(CNCC(O)c2ccc(O)c3[nH]c(=O)ccc23)ccc1C(=O)N1CC=C(c2cccc(C(O)(C(=O)O)c3ccccc3)c2)CC1. The number of carbonyl (C=O) groups is 2. The van der Waals surface area contributed by atoms with E-state index in [2.05, 4.69) is 10.3 Å². The van der Waals surface area contributed by atoms with Gasteiger partial charge >= 0.3 is 5.97 Å². The normalized spacial score (nSPS) is 14.9. The van der Waals surface area contributed by atoms with Crippen LogP contribution in [0.5, 0.6) is 11.5 Å². The van der Waals surface area contributed by atoms with Crippen molar-refractivity contribution in [3.05, 3.63) is 147 Å². The summed E-state index contributed by atoms with van der Waals surface area (Å²) in [7, 11) is 1.50. The predicted octanol–water partition coefficient (Wildman–Crippen LogP) is 4.32. The van der Waals surface area contributed by atoms with Gasteiger partial charge in [0.2, 0.25) is 11.2 Å². The molecule has 0 fully saturated rings. The molecule has 1 amide bonds.